The van der Waals surface area contributed by atoms with Crippen LogP contribution in [0.3, 0.4) is 0 Å². The zero-order valence-electron chi connectivity index (χ0n) is 48.2. The van der Waals surface area contributed by atoms with E-state index in [1.54, 1.807) is 0 Å². The Labute approximate surface area is 463 Å². The summed E-state index contributed by atoms with van der Waals surface area (Å²) >= 11 is 0. The first-order valence-corrected chi connectivity index (χ1v) is 31.6. The third kappa shape index (κ3) is 55.2. The monoisotopic (exact) mass is 1080 g/mol. The maximum absolute atomic E-state index is 12.9. The normalized spacial score (nSPS) is 14.0. The maximum Gasteiger partial charge on any atom is 0.472 e. The molecule has 0 aromatic carbocycles. The fourth-order valence-corrected chi connectivity index (χ4v) is 8.73. The zero-order chi connectivity index (χ0) is 55.5. The lowest BCUT2D eigenvalue weighted by atomic mass is 10.1. The van der Waals surface area contributed by atoms with Crippen LogP contribution in [0.15, 0.2) is 97.2 Å². The number of aliphatic hydroxyl groups is 1. The van der Waals surface area contributed by atoms with E-state index >= 15 is 0 Å². The van der Waals surface area contributed by atoms with Crippen molar-refractivity contribution in [3.63, 3.8) is 0 Å². The van der Waals surface area contributed by atoms with Gasteiger partial charge in [-0.2, -0.15) is 0 Å². The Bertz CT molecular complexity index is 1640. The van der Waals surface area contributed by atoms with Gasteiger partial charge in [-0.15, -0.1) is 0 Å². The van der Waals surface area contributed by atoms with Crippen LogP contribution >= 0.6 is 7.82 Å². The van der Waals surface area contributed by atoms with E-state index in [0.717, 1.165) is 122 Å². The molecule has 2 N–H and O–H groups in total. The number of carbonyl (C=O) groups excluding carboxylic acids is 3. The Kier molecular flexibility index (Phi) is 54.8. The van der Waals surface area contributed by atoms with Gasteiger partial charge in [0.1, 0.15) is 12.7 Å². The first-order valence-electron chi connectivity index (χ1n) is 30.1. The van der Waals surface area contributed by atoms with Gasteiger partial charge in [-0.1, -0.05) is 214 Å². The summed E-state index contributed by atoms with van der Waals surface area (Å²) in [7, 11) is -4.77. The van der Waals surface area contributed by atoms with E-state index in [1.807, 2.05) is 0 Å². The van der Waals surface area contributed by atoms with Crippen LogP contribution in [0.4, 0.5) is 0 Å². The summed E-state index contributed by atoms with van der Waals surface area (Å²) in [6.07, 6.45) is 67.9. The second-order valence-corrected chi connectivity index (χ2v) is 21.2. The average molecular weight is 1090 g/mol. The molecular formula is C64H109O11P. The van der Waals surface area contributed by atoms with Crippen molar-refractivity contribution in [3.8, 4) is 0 Å². The Morgan fingerprint density at radius 2 is 0.684 bits per heavy atom. The third-order valence-electron chi connectivity index (χ3n) is 12.5. The molecular weight excluding hydrogens is 976 g/mol. The number of allylic oxidation sites excluding steroid dienone is 16. The van der Waals surface area contributed by atoms with Gasteiger partial charge in [-0.25, -0.2) is 4.57 Å². The molecule has 11 nitrogen and oxygen atoms in total. The third-order valence-corrected chi connectivity index (χ3v) is 13.4. The minimum atomic E-state index is -4.77. The first-order chi connectivity index (χ1) is 37.2. The molecule has 0 amide bonds. The fourth-order valence-electron chi connectivity index (χ4n) is 7.94. The minimum Gasteiger partial charge on any atom is -0.462 e. The summed E-state index contributed by atoms with van der Waals surface area (Å²) in [4.78, 5) is 48.6. The summed E-state index contributed by atoms with van der Waals surface area (Å²) in [5.74, 6) is -1.51. The van der Waals surface area contributed by atoms with Crippen molar-refractivity contribution in [2.24, 2.45) is 0 Å². The van der Waals surface area contributed by atoms with E-state index in [0.29, 0.717) is 19.3 Å². The number of phosphoric acid groups is 1. The van der Waals surface area contributed by atoms with E-state index in [4.69, 9.17) is 23.3 Å². The Morgan fingerprint density at radius 3 is 1.07 bits per heavy atom. The molecule has 0 saturated heterocycles. The predicted molar refractivity (Wildman–Crippen MR) is 316 cm³/mol. The fraction of sp³-hybridized carbons (Fsp3) is 0.703. The molecule has 0 aliphatic rings. The molecule has 0 fully saturated rings. The number of unbranched alkanes of at least 4 members (excludes halogenated alkanes) is 22. The highest BCUT2D eigenvalue weighted by molar-refractivity contribution is 7.47. The summed E-state index contributed by atoms with van der Waals surface area (Å²) in [6.45, 7) is 4.35. The largest absolute Gasteiger partial charge is 0.472 e. The van der Waals surface area contributed by atoms with Crippen molar-refractivity contribution in [1.29, 1.82) is 0 Å². The highest BCUT2D eigenvalue weighted by atomic mass is 31.2. The van der Waals surface area contributed by atoms with Gasteiger partial charge in [-0.3, -0.25) is 23.4 Å². The standard InChI is InChI=1S/C64H109O11P/c1-4-7-10-13-16-19-22-25-27-29-30-32-34-37-40-43-46-49-52-55-64(68)75-61(57-71-62(66)53-50-47-44-41-38-36-33-31-28-26-23-20-17-14-11-8-5-2)59-73-76(69,70)72-58-60(56-65)74-63(67)54-51-48-45-42-39-35-24-21-18-15-12-9-6-3/h8-9,11-12,16-21,25-28,35,39,60-61,65H,4-7,10,13-15,22-24,29-34,36-38,40-59H2,1-3H3,(H,69,70)/b11-8-,12-9-,19-16-,20-17-,21-18-,27-25-,28-26-,39-35-. The molecule has 3 atom stereocenters. The van der Waals surface area contributed by atoms with Crippen molar-refractivity contribution >= 4 is 25.7 Å². The van der Waals surface area contributed by atoms with Crippen LogP contribution in [0, 0.1) is 0 Å². The Hall–Kier alpha value is -3.60. The molecule has 0 radical (unpaired) electrons. The molecule has 12 heteroatoms. The summed E-state index contributed by atoms with van der Waals surface area (Å²) in [5.41, 5.74) is 0. The van der Waals surface area contributed by atoms with E-state index in [2.05, 4.69) is 118 Å². The number of hydrogen-bond acceptors (Lipinski definition) is 10. The van der Waals surface area contributed by atoms with E-state index in [1.165, 1.54) is 70.6 Å². The van der Waals surface area contributed by atoms with Gasteiger partial charge >= 0.3 is 25.7 Å². The van der Waals surface area contributed by atoms with Gasteiger partial charge in [0.05, 0.1) is 19.8 Å². The molecule has 0 aliphatic heterocycles. The molecule has 436 valence electrons. The van der Waals surface area contributed by atoms with E-state index in [9.17, 15) is 28.9 Å². The highest BCUT2D eigenvalue weighted by Crippen LogP contribution is 2.43. The maximum atomic E-state index is 12.9. The lowest BCUT2D eigenvalue weighted by molar-refractivity contribution is -0.161. The van der Waals surface area contributed by atoms with Crippen LogP contribution in [-0.2, 0) is 42.2 Å². The molecule has 3 unspecified atom stereocenters. The Morgan fingerprint density at radius 1 is 0.382 bits per heavy atom. The zero-order valence-corrected chi connectivity index (χ0v) is 49.1. The smallest absolute Gasteiger partial charge is 0.462 e. The molecule has 0 saturated carbocycles. The molecule has 0 bridgehead atoms. The number of ether oxygens (including phenoxy) is 3. The van der Waals surface area contributed by atoms with Gasteiger partial charge in [0.15, 0.2) is 6.10 Å². The summed E-state index contributed by atoms with van der Waals surface area (Å²) < 4.78 is 39.6. The summed E-state index contributed by atoms with van der Waals surface area (Å²) in [6, 6.07) is 0. The second kappa shape index (κ2) is 57.6. The van der Waals surface area contributed by atoms with Gasteiger partial charge < -0.3 is 24.2 Å². The van der Waals surface area contributed by atoms with Crippen molar-refractivity contribution < 1.29 is 52.2 Å². The quantitative estimate of drug-likeness (QED) is 0.0197. The van der Waals surface area contributed by atoms with Gasteiger partial charge in [-0.05, 0) is 116 Å². The number of hydrogen-bond donors (Lipinski definition) is 2. The number of carbonyl (C=O) groups is 3. The Balaban J connectivity index is 4.76. The van der Waals surface area contributed by atoms with Crippen LogP contribution in [-0.4, -0.2) is 66.5 Å². The molecule has 0 aromatic rings. The summed E-state index contributed by atoms with van der Waals surface area (Å²) in [5, 5.41) is 9.81. The lowest BCUT2D eigenvalue weighted by Gasteiger charge is -2.21. The number of phosphoric ester groups is 1. The number of esters is 3. The molecule has 0 spiro atoms. The highest BCUT2D eigenvalue weighted by Gasteiger charge is 2.28. The average Bonchev–Trinajstić information content (AvgIpc) is 3.41. The molecule has 76 heavy (non-hydrogen) atoms. The number of rotatable bonds is 55. The SMILES string of the molecule is CC/C=C\C/C=C\C/C=C\CCCCCCCCCC(=O)OCC(COP(=O)(O)OCC(CO)OC(=O)CCCCC/C=C\C/C=C\C/C=C\CC)OC(=O)CCCCCCCCCCC/C=C\C/C=C\CCCCC. The van der Waals surface area contributed by atoms with Gasteiger partial charge in [0.25, 0.3) is 0 Å². The molecule has 0 aliphatic carbocycles. The van der Waals surface area contributed by atoms with Crippen LogP contribution < -0.4 is 0 Å². The van der Waals surface area contributed by atoms with Crippen molar-refractivity contribution in [2.75, 3.05) is 26.4 Å². The molecule has 0 heterocycles. The topological polar surface area (TPSA) is 155 Å². The predicted octanol–water partition coefficient (Wildman–Crippen LogP) is 18.0. The molecule has 0 rings (SSSR count). The van der Waals surface area contributed by atoms with Crippen LogP contribution in [0.2, 0.25) is 0 Å². The van der Waals surface area contributed by atoms with E-state index < -0.39 is 57.8 Å². The minimum absolute atomic E-state index is 0.138. The van der Waals surface area contributed by atoms with Gasteiger partial charge in [0, 0.05) is 19.3 Å². The van der Waals surface area contributed by atoms with Gasteiger partial charge in [0.2, 0.25) is 0 Å². The molecule has 0 aromatic heterocycles. The van der Waals surface area contributed by atoms with Crippen molar-refractivity contribution in [3.05, 3.63) is 97.2 Å². The van der Waals surface area contributed by atoms with E-state index in [-0.39, 0.29) is 25.9 Å². The van der Waals surface area contributed by atoms with Crippen molar-refractivity contribution in [1.82, 2.24) is 0 Å². The van der Waals surface area contributed by atoms with Crippen molar-refractivity contribution in [2.45, 2.75) is 264 Å². The second-order valence-electron chi connectivity index (χ2n) is 19.7. The van der Waals surface area contributed by atoms with Crippen LogP contribution in [0.1, 0.15) is 252 Å². The number of aliphatic hydroxyl groups excluding tert-OH is 1. The van der Waals surface area contributed by atoms with Crippen LogP contribution in [0.25, 0.3) is 0 Å². The lowest BCUT2D eigenvalue weighted by Crippen LogP contribution is -2.30. The first kappa shape index (κ1) is 72.4. The van der Waals surface area contributed by atoms with Crippen LogP contribution in [0.5, 0.6) is 0 Å².